The van der Waals surface area contributed by atoms with E-state index in [4.69, 9.17) is 28.3 Å². The summed E-state index contributed by atoms with van der Waals surface area (Å²) in [6.07, 6.45) is 2.22. The lowest BCUT2D eigenvalue weighted by atomic mass is 9.98. The molecule has 0 fully saturated rings. The first-order valence-corrected chi connectivity index (χ1v) is 9.50. The van der Waals surface area contributed by atoms with Gasteiger partial charge in [-0.1, -0.05) is 29.3 Å². The molecule has 1 aliphatic carbocycles. The van der Waals surface area contributed by atoms with Gasteiger partial charge in [-0.15, -0.1) is 0 Å². The number of benzene rings is 2. The van der Waals surface area contributed by atoms with Crippen molar-refractivity contribution < 1.29 is 9.90 Å². The molecule has 2 aromatic rings. The molecule has 0 unspecified atom stereocenters. The number of hydrogen-bond donors (Lipinski definition) is 1. The van der Waals surface area contributed by atoms with Crippen LogP contribution in [-0.2, 0) is 12.8 Å². The molecule has 0 saturated carbocycles. The van der Waals surface area contributed by atoms with E-state index in [1.807, 2.05) is 23.1 Å². The van der Waals surface area contributed by atoms with Gasteiger partial charge in [-0.05, 0) is 77.4 Å². The average molecular weight is 388 g/mol. The van der Waals surface area contributed by atoms with Crippen LogP contribution < -0.4 is 0 Å². The Morgan fingerprint density at radius 3 is 2.77 bits per heavy atom. The average Bonchev–Trinajstić information content (AvgIpc) is 2.98. The lowest BCUT2D eigenvalue weighted by molar-refractivity contribution is 0.0767. The Morgan fingerprint density at radius 1 is 1.12 bits per heavy atom. The Bertz CT molecular complexity index is 920. The second-order valence-electron chi connectivity index (χ2n) is 6.86. The van der Waals surface area contributed by atoms with E-state index in [0.717, 1.165) is 23.4 Å². The Balaban J connectivity index is 1.57. The van der Waals surface area contributed by atoms with Crippen molar-refractivity contribution in [2.45, 2.75) is 19.3 Å². The third kappa shape index (κ3) is 3.27. The molecule has 26 heavy (non-hydrogen) atoms. The molecule has 1 N–H and O–H groups in total. The molecule has 0 saturated heterocycles. The van der Waals surface area contributed by atoms with Crippen LogP contribution in [0.4, 0.5) is 0 Å². The number of hydrogen-bond acceptors (Lipinski definition) is 2. The number of nitrogens with zero attached hydrogens (tertiary/aromatic N) is 1. The minimum absolute atomic E-state index is 0.00720. The first kappa shape index (κ1) is 17.6. The summed E-state index contributed by atoms with van der Waals surface area (Å²) >= 11 is 12.3. The summed E-state index contributed by atoms with van der Waals surface area (Å²) in [6, 6.07) is 11.4. The molecule has 1 heterocycles. The summed E-state index contributed by atoms with van der Waals surface area (Å²) in [5.41, 5.74) is 6.65. The van der Waals surface area contributed by atoms with Gasteiger partial charge in [0.2, 0.25) is 0 Å². The smallest absolute Gasteiger partial charge is 0.254 e. The van der Waals surface area contributed by atoms with Crippen molar-refractivity contribution in [1.29, 1.82) is 0 Å². The van der Waals surface area contributed by atoms with Crippen LogP contribution in [-0.4, -0.2) is 35.6 Å². The Morgan fingerprint density at radius 2 is 1.96 bits per heavy atom. The summed E-state index contributed by atoms with van der Waals surface area (Å²) in [5, 5.41) is 10.4. The minimum atomic E-state index is -0.00720. The largest absolute Gasteiger partial charge is 0.396 e. The fourth-order valence-corrected chi connectivity index (χ4v) is 4.36. The molecule has 0 radical (unpaired) electrons. The highest BCUT2D eigenvalue weighted by Gasteiger charge is 2.29. The fraction of sp³-hybridized carbons (Fsp3) is 0.286. The summed E-state index contributed by atoms with van der Waals surface area (Å²) in [7, 11) is 0. The predicted octanol–water partition coefficient (Wildman–Crippen LogP) is 4.38. The van der Waals surface area contributed by atoms with Crippen molar-refractivity contribution in [2.24, 2.45) is 0 Å². The van der Waals surface area contributed by atoms with E-state index in [0.29, 0.717) is 30.1 Å². The maximum absolute atomic E-state index is 13.0. The number of aliphatic hydroxyl groups is 1. The van der Waals surface area contributed by atoms with Crippen molar-refractivity contribution in [1.82, 2.24) is 4.90 Å². The Kier molecular flexibility index (Phi) is 4.78. The molecule has 5 heteroatoms. The fourth-order valence-electron chi connectivity index (χ4n) is 3.93. The number of carbonyl (C=O) groups excluding carboxylic acids is 1. The standard InChI is InChI=1S/C21H19Cl2NO2/c22-17-2-1-14-9-16-12-24(5-3-19(16)20(14)11-17)21(26)15-7-13(4-6-25)8-18(23)10-15/h1-2,7-8,10-11,25H,3-6,9,12H2. The monoisotopic (exact) mass is 387 g/mol. The van der Waals surface area contributed by atoms with Gasteiger partial charge < -0.3 is 10.0 Å². The molecule has 0 atom stereocenters. The molecule has 2 aromatic carbocycles. The number of carbonyl (C=O) groups is 1. The van der Waals surface area contributed by atoms with Crippen molar-refractivity contribution in [3.05, 3.63) is 74.3 Å². The second kappa shape index (κ2) is 7.07. The Hall–Kier alpha value is -1.81. The predicted molar refractivity (Wildman–Crippen MR) is 105 cm³/mol. The zero-order valence-corrected chi connectivity index (χ0v) is 15.8. The van der Waals surface area contributed by atoms with Crippen LogP contribution >= 0.6 is 23.2 Å². The van der Waals surface area contributed by atoms with Crippen LogP contribution in [0.15, 0.2) is 42.0 Å². The number of amides is 1. The van der Waals surface area contributed by atoms with E-state index in [9.17, 15) is 4.79 Å². The molecular weight excluding hydrogens is 369 g/mol. The van der Waals surface area contributed by atoms with Gasteiger partial charge in [0.1, 0.15) is 0 Å². The van der Waals surface area contributed by atoms with Crippen LogP contribution in [0.2, 0.25) is 10.0 Å². The topological polar surface area (TPSA) is 40.5 Å². The molecular formula is C21H19Cl2NO2. The number of fused-ring (bicyclic) bond motifs is 2. The van der Waals surface area contributed by atoms with Crippen molar-refractivity contribution in [3.8, 4) is 0 Å². The van der Waals surface area contributed by atoms with Crippen molar-refractivity contribution in [2.75, 3.05) is 19.7 Å². The number of rotatable bonds is 3. The highest BCUT2D eigenvalue weighted by Crippen LogP contribution is 2.39. The van der Waals surface area contributed by atoms with Gasteiger partial charge in [-0.2, -0.15) is 0 Å². The van der Waals surface area contributed by atoms with E-state index < -0.39 is 0 Å². The Labute approximate surface area is 162 Å². The summed E-state index contributed by atoms with van der Waals surface area (Å²) in [6.45, 7) is 1.36. The maximum atomic E-state index is 13.0. The number of halogens is 2. The third-order valence-corrected chi connectivity index (χ3v) is 5.59. The van der Waals surface area contributed by atoms with Crippen molar-refractivity contribution in [3.63, 3.8) is 0 Å². The van der Waals surface area contributed by atoms with Crippen LogP contribution in [0.1, 0.15) is 33.5 Å². The quantitative estimate of drug-likeness (QED) is 0.848. The lowest BCUT2D eigenvalue weighted by Gasteiger charge is -2.29. The van der Waals surface area contributed by atoms with Gasteiger partial charge in [-0.25, -0.2) is 0 Å². The van der Waals surface area contributed by atoms with E-state index in [1.54, 1.807) is 12.1 Å². The number of aliphatic hydroxyl groups excluding tert-OH is 1. The maximum Gasteiger partial charge on any atom is 0.254 e. The van der Waals surface area contributed by atoms with Gasteiger partial charge in [0.05, 0.1) is 0 Å². The van der Waals surface area contributed by atoms with Crippen LogP contribution in [0.5, 0.6) is 0 Å². The molecule has 0 aromatic heterocycles. The zero-order chi connectivity index (χ0) is 18.3. The van der Waals surface area contributed by atoms with Gasteiger partial charge in [0.15, 0.2) is 0 Å². The molecule has 0 bridgehead atoms. The summed E-state index contributed by atoms with van der Waals surface area (Å²) in [4.78, 5) is 14.9. The van der Waals surface area contributed by atoms with Gasteiger partial charge in [0, 0.05) is 35.3 Å². The SMILES string of the molecule is O=C(c1cc(Cl)cc(CCO)c1)N1CCC2=C(Cc3ccc(Cl)cc32)C1. The zero-order valence-electron chi connectivity index (χ0n) is 14.3. The highest BCUT2D eigenvalue weighted by atomic mass is 35.5. The molecule has 0 spiro atoms. The first-order valence-electron chi connectivity index (χ1n) is 8.74. The first-order chi connectivity index (χ1) is 12.5. The highest BCUT2D eigenvalue weighted by molar-refractivity contribution is 6.31. The second-order valence-corrected chi connectivity index (χ2v) is 7.73. The molecule has 1 amide bonds. The molecule has 3 nitrogen and oxygen atoms in total. The molecule has 134 valence electrons. The third-order valence-electron chi connectivity index (χ3n) is 5.13. The van der Waals surface area contributed by atoms with Gasteiger partial charge >= 0.3 is 0 Å². The summed E-state index contributed by atoms with van der Waals surface area (Å²) in [5.74, 6) is -0.00720. The van der Waals surface area contributed by atoms with E-state index >= 15 is 0 Å². The summed E-state index contributed by atoms with van der Waals surface area (Å²) < 4.78 is 0. The van der Waals surface area contributed by atoms with E-state index in [1.165, 1.54) is 22.3 Å². The van der Waals surface area contributed by atoms with Crippen LogP contribution in [0.3, 0.4) is 0 Å². The van der Waals surface area contributed by atoms with Crippen LogP contribution in [0.25, 0.3) is 5.57 Å². The minimum Gasteiger partial charge on any atom is -0.396 e. The molecule has 4 rings (SSSR count). The molecule has 1 aliphatic heterocycles. The normalized spacial score (nSPS) is 15.9. The lowest BCUT2D eigenvalue weighted by Crippen LogP contribution is -2.36. The van der Waals surface area contributed by atoms with Gasteiger partial charge in [-0.3, -0.25) is 4.79 Å². The van der Waals surface area contributed by atoms with E-state index in [2.05, 4.69) is 6.07 Å². The van der Waals surface area contributed by atoms with Gasteiger partial charge in [0.25, 0.3) is 5.91 Å². The van der Waals surface area contributed by atoms with E-state index in [-0.39, 0.29) is 12.5 Å². The molecule has 2 aliphatic rings. The van der Waals surface area contributed by atoms with Crippen LogP contribution in [0, 0.1) is 0 Å². The van der Waals surface area contributed by atoms with Crippen molar-refractivity contribution >= 4 is 34.7 Å².